The van der Waals surface area contributed by atoms with Gasteiger partial charge in [-0.05, 0) is 19.1 Å². The molecule has 0 aliphatic carbocycles. The van der Waals surface area contributed by atoms with Gasteiger partial charge in [-0.1, -0.05) is 30.3 Å². The Morgan fingerprint density at radius 2 is 1.81 bits per heavy atom. The number of hydrogen-bond acceptors (Lipinski definition) is 3. The summed E-state index contributed by atoms with van der Waals surface area (Å²) in [4.78, 5) is 6.25. The number of nitrogens with zero attached hydrogens (tertiary/aromatic N) is 4. The van der Waals surface area contributed by atoms with E-state index >= 15 is 0 Å². The molecule has 0 radical (unpaired) electrons. The Morgan fingerprint density at radius 1 is 1.05 bits per heavy atom. The van der Waals surface area contributed by atoms with E-state index in [9.17, 15) is 0 Å². The maximum Gasteiger partial charge on any atom is 0.0930 e. The van der Waals surface area contributed by atoms with Crippen molar-refractivity contribution in [3.8, 4) is 16.9 Å². The molecule has 0 saturated heterocycles. The molecule has 2 aromatic heterocycles. The van der Waals surface area contributed by atoms with Crippen molar-refractivity contribution >= 4 is 5.69 Å². The zero-order valence-electron chi connectivity index (χ0n) is 12.5. The Hall–Kier alpha value is -2.62. The first kappa shape index (κ1) is 13.4. The lowest BCUT2D eigenvalue weighted by Gasteiger charge is -2.17. The molecule has 106 valence electrons. The molecule has 3 rings (SSSR count). The lowest BCUT2D eigenvalue weighted by molar-refractivity contribution is 0.842. The molecule has 4 heteroatoms. The lowest BCUT2D eigenvalue weighted by Crippen LogP contribution is -2.13. The van der Waals surface area contributed by atoms with Crippen LogP contribution in [-0.2, 0) is 0 Å². The third-order valence-electron chi connectivity index (χ3n) is 3.44. The fourth-order valence-electron chi connectivity index (χ4n) is 2.37. The van der Waals surface area contributed by atoms with E-state index in [1.807, 2.05) is 54.1 Å². The third kappa shape index (κ3) is 2.52. The van der Waals surface area contributed by atoms with Crippen LogP contribution in [-0.4, -0.2) is 28.9 Å². The van der Waals surface area contributed by atoms with E-state index in [0.29, 0.717) is 0 Å². The zero-order valence-corrected chi connectivity index (χ0v) is 12.5. The van der Waals surface area contributed by atoms with E-state index in [-0.39, 0.29) is 0 Å². The fourth-order valence-corrected chi connectivity index (χ4v) is 2.37. The van der Waals surface area contributed by atoms with Crippen molar-refractivity contribution in [3.63, 3.8) is 0 Å². The van der Waals surface area contributed by atoms with E-state index in [4.69, 9.17) is 5.10 Å². The fraction of sp³-hybridized carbons (Fsp3) is 0.176. The molecular weight excluding hydrogens is 260 g/mol. The Labute approximate surface area is 124 Å². The highest BCUT2D eigenvalue weighted by Gasteiger charge is 2.12. The van der Waals surface area contributed by atoms with Crippen LogP contribution in [0.1, 0.15) is 5.69 Å². The molecule has 0 bridgehead atoms. The molecule has 4 nitrogen and oxygen atoms in total. The molecule has 0 spiro atoms. The molecule has 3 aromatic rings. The summed E-state index contributed by atoms with van der Waals surface area (Å²) in [7, 11) is 4.02. The smallest absolute Gasteiger partial charge is 0.0930 e. The molecule has 2 heterocycles. The van der Waals surface area contributed by atoms with Crippen molar-refractivity contribution in [2.45, 2.75) is 6.92 Å². The molecular formula is C17H18N4. The standard InChI is InChI=1S/C17H18N4/c1-13-11-15(14-7-5-4-6-8-14)19-21(13)16-9-10-18-12-17(16)20(2)3/h4-12H,1-3H3. The van der Waals surface area contributed by atoms with Gasteiger partial charge in [0.2, 0.25) is 0 Å². The highest BCUT2D eigenvalue weighted by atomic mass is 15.3. The minimum Gasteiger partial charge on any atom is -0.375 e. The monoisotopic (exact) mass is 278 g/mol. The van der Waals surface area contributed by atoms with Crippen LogP contribution in [0.5, 0.6) is 0 Å². The van der Waals surface area contributed by atoms with Gasteiger partial charge in [0.05, 0.1) is 23.3 Å². The first-order valence-electron chi connectivity index (χ1n) is 6.90. The highest BCUT2D eigenvalue weighted by molar-refractivity contribution is 5.64. The third-order valence-corrected chi connectivity index (χ3v) is 3.44. The Morgan fingerprint density at radius 3 is 2.52 bits per heavy atom. The minimum atomic E-state index is 0.981. The van der Waals surface area contributed by atoms with Gasteiger partial charge in [0, 0.05) is 31.5 Å². The number of aromatic nitrogens is 3. The molecule has 0 fully saturated rings. The van der Waals surface area contributed by atoms with Gasteiger partial charge in [-0.3, -0.25) is 4.98 Å². The molecule has 21 heavy (non-hydrogen) atoms. The number of anilines is 1. The van der Waals surface area contributed by atoms with Gasteiger partial charge in [-0.2, -0.15) is 5.10 Å². The van der Waals surface area contributed by atoms with Gasteiger partial charge in [0.15, 0.2) is 0 Å². The van der Waals surface area contributed by atoms with Gasteiger partial charge in [0.25, 0.3) is 0 Å². The van der Waals surface area contributed by atoms with Crippen LogP contribution in [0.4, 0.5) is 5.69 Å². The van der Waals surface area contributed by atoms with Crippen LogP contribution in [0.25, 0.3) is 16.9 Å². The molecule has 0 aliphatic heterocycles. The number of hydrogen-bond donors (Lipinski definition) is 0. The molecule has 0 amide bonds. The Kier molecular flexibility index (Phi) is 3.44. The zero-order chi connectivity index (χ0) is 14.8. The average Bonchev–Trinajstić information content (AvgIpc) is 2.90. The molecule has 1 aromatic carbocycles. The quantitative estimate of drug-likeness (QED) is 0.737. The molecule has 0 atom stereocenters. The van der Waals surface area contributed by atoms with Crippen LogP contribution >= 0.6 is 0 Å². The molecule has 0 aliphatic rings. The summed E-state index contributed by atoms with van der Waals surface area (Å²) in [6.45, 7) is 2.07. The summed E-state index contributed by atoms with van der Waals surface area (Å²) in [5.41, 5.74) is 5.29. The molecule has 0 N–H and O–H groups in total. The van der Waals surface area contributed by atoms with E-state index in [2.05, 4.69) is 30.1 Å². The van der Waals surface area contributed by atoms with Crippen LogP contribution in [0.15, 0.2) is 54.9 Å². The van der Waals surface area contributed by atoms with Gasteiger partial charge in [0.1, 0.15) is 0 Å². The van der Waals surface area contributed by atoms with Crippen molar-refractivity contribution < 1.29 is 0 Å². The Bertz CT molecular complexity index is 744. The largest absolute Gasteiger partial charge is 0.375 e. The Balaban J connectivity index is 2.11. The van der Waals surface area contributed by atoms with Gasteiger partial charge >= 0.3 is 0 Å². The predicted octanol–water partition coefficient (Wildman–Crippen LogP) is 3.31. The van der Waals surface area contributed by atoms with Crippen LogP contribution in [0.3, 0.4) is 0 Å². The minimum absolute atomic E-state index is 0.981. The number of benzene rings is 1. The predicted molar refractivity (Wildman–Crippen MR) is 85.9 cm³/mol. The number of rotatable bonds is 3. The number of pyridine rings is 1. The normalized spacial score (nSPS) is 10.6. The maximum atomic E-state index is 4.76. The SMILES string of the molecule is Cc1cc(-c2ccccc2)nn1-c1ccncc1N(C)C. The summed E-state index contributed by atoms with van der Waals surface area (Å²) in [6, 6.07) is 14.3. The van der Waals surface area contributed by atoms with Crippen molar-refractivity contribution in [2.75, 3.05) is 19.0 Å². The van der Waals surface area contributed by atoms with Gasteiger partial charge < -0.3 is 4.90 Å². The van der Waals surface area contributed by atoms with Crippen LogP contribution < -0.4 is 4.90 Å². The van der Waals surface area contributed by atoms with Gasteiger partial charge in [-0.15, -0.1) is 0 Å². The maximum absolute atomic E-state index is 4.76. The average molecular weight is 278 g/mol. The van der Waals surface area contributed by atoms with E-state index < -0.39 is 0 Å². The van der Waals surface area contributed by atoms with Crippen molar-refractivity contribution in [2.24, 2.45) is 0 Å². The first-order valence-corrected chi connectivity index (χ1v) is 6.90. The second kappa shape index (κ2) is 5.40. The molecule has 0 saturated carbocycles. The van der Waals surface area contributed by atoms with Crippen LogP contribution in [0, 0.1) is 6.92 Å². The topological polar surface area (TPSA) is 34.0 Å². The summed E-state index contributed by atoms with van der Waals surface area (Å²) >= 11 is 0. The number of aryl methyl sites for hydroxylation is 1. The summed E-state index contributed by atoms with van der Waals surface area (Å²) in [6.07, 6.45) is 3.66. The van der Waals surface area contributed by atoms with E-state index in [0.717, 1.165) is 28.3 Å². The highest BCUT2D eigenvalue weighted by Crippen LogP contribution is 2.25. The lowest BCUT2D eigenvalue weighted by atomic mass is 10.1. The second-order valence-electron chi connectivity index (χ2n) is 5.21. The summed E-state index contributed by atoms with van der Waals surface area (Å²) in [5, 5.41) is 4.76. The second-order valence-corrected chi connectivity index (χ2v) is 5.21. The van der Waals surface area contributed by atoms with Crippen molar-refractivity contribution in [1.29, 1.82) is 0 Å². The van der Waals surface area contributed by atoms with Crippen molar-refractivity contribution in [3.05, 3.63) is 60.6 Å². The van der Waals surface area contributed by atoms with Crippen LogP contribution in [0.2, 0.25) is 0 Å². The van der Waals surface area contributed by atoms with Crippen molar-refractivity contribution in [1.82, 2.24) is 14.8 Å². The summed E-state index contributed by atoms with van der Waals surface area (Å²) in [5.74, 6) is 0. The van der Waals surface area contributed by atoms with E-state index in [1.165, 1.54) is 0 Å². The first-order chi connectivity index (χ1) is 10.2. The van der Waals surface area contributed by atoms with E-state index in [1.54, 1.807) is 6.20 Å². The molecule has 0 unspecified atom stereocenters. The van der Waals surface area contributed by atoms with Gasteiger partial charge in [-0.25, -0.2) is 4.68 Å². The summed E-state index contributed by atoms with van der Waals surface area (Å²) < 4.78 is 1.97.